The van der Waals surface area contributed by atoms with Gasteiger partial charge in [0.25, 0.3) is 5.91 Å². The van der Waals surface area contributed by atoms with Crippen molar-refractivity contribution >= 4 is 27.2 Å². The van der Waals surface area contributed by atoms with Gasteiger partial charge in [-0.3, -0.25) is 4.79 Å². The third-order valence-corrected chi connectivity index (χ3v) is 5.22. The smallest absolute Gasteiger partial charge is 0.256 e. The fourth-order valence-corrected chi connectivity index (χ4v) is 3.72. The van der Waals surface area contributed by atoms with Crippen LogP contribution in [-0.4, -0.2) is 44.5 Å². The van der Waals surface area contributed by atoms with Gasteiger partial charge in [-0.1, -0.05) is 24.3 Å². The molecule has 0 bridgehead atoms. The maximum Gasteiger partial charge on any atom is 0.256 e. The first kappa shape index (κ1) is 20.6. The first-order chi connectivity index (χ1) is 13.7. The molecule has 1 heterocycles. The molecule has 0 unspecified atom stereocenters. The maximum atomic E-state index is 12.6. The number of carbonyl (C=O) groups is 1. The van der Waals surface area contributed by atoms with E-state index in [1.807, 2.05) is 43.3 Å². The summed E-state index contributed by atoms with van der Waals surface area (Å²) < 4.78 is 24.7. The molecule has 0 aliphatic heterocycles. The van der Waals surface area contributed by atoms with E-state index in [1.165, 1.54) is 6.26 Å². The summed E-state index contributed by atoms with van der Waals surface area (Å²) in [5.41, 5.74) is 3.14. The van der Waals surface area contributed by atoms with Gasteiger partial charge in [0, 0.05) is 37.7 Å². The van der Waals surface area contributed by atoms with E-state index in [0.29, 0.717) is 23.5 Å². The van der Waals surface area contributed by atoms with Crippen LogP contribution in [0.3, 0.4) is 0 Å². The summed E-state index contributed by atoms with van der Waals surface area (Å²) in [7, 11) is 0.806. The summed E-state index contributed by atoms with van der Waals surface area (Å²) in [6.45, 7) is 0.518. The number of hydrogen-bond donors (Lipinski definition) is 1. The van der Waals surface area contributed by atoms with E-state index >= 15 is 0 Å². The predicted octanol–water partition coefficient (Wildman–Crippen LogP) is 2.79. The van der Waals surface area contributed by atoms with E-state index < -0.39 is 9.84 Å². The molecule has 0 fully saturated rings. The molecular formula is C21H24N4O3S. The molecule has 0 aliphatic carbocycles. The lowest BCUT2D eigenvalue weighted by molar-refractivity contribution is 0.102. The number of hydrogen-bond acceptors (Lipinski definition) is 5. The van der Waals surface area contributed by atoms with E-state index in [2.05, 4.69) is 10.4 Å². The molecule has 152 valence electrons. The largest absolute Gasteiger partial charge is 0.378 e. The molecule has 3 rings (SSSR count). The predicted molar refractivity (Wildman–Crippen MR) is 115 cm³/mol. The molecule has 0 aliphatic rings. The molecule has 1 N–H and O–H groups in total. The van der Waals surface area contributed by atoms with Gasteiger partial charge in [-0.05, 0) is 35.4 Å². The Bertz CT molecular complexity index is 1100. The first-order valence-corrected chi connectivity index (χ1v) is 11.1. The van der Waals surface area contributed by atoms with Crippen LogP contribution in [0.25, 0.3) is 0 Å². The van der Waals surface area contributed by atoms with Crippen LogP contribution in [0.5, 0.6) is 0 Å². The normalized spacial score (nSPS) is 11.3. The lowest BCUT2D eigenvalue weighted by atomic mass is 10.1. The second-order valence-electron chi connectivity index (χ2n) is 7.16. The van der Waals surface area contributed by atoms with E-state index in [0.717, 1.165) is 11.3 Å². The maximum absolute atomic E-state index is 12.6. The van der Waals surface area contributed by atoms with Crippen LogP contribution < -0.4 is 10.2 Å². The number of nitrogens with zero attached hydrogens (tertiary/aromatic N) is 3. The summed E-state index contributed by atoms with van der Waals surface area (Å²) >= 11 is 0. The van der Waals surface area contributed by atoms with Crippen LogP contribution in [0.1, 0.15) is 21.5 Å². The summed E-state index contributed by atoms with van der Waals surface area (Å²) in [5, 5.41) is 7.14. The van der Waals surface area contributed by atoms with Crippen molar-refractivity contribution in [3.63, 3.8) is 0 Å². The van der Waals surface area contributed by atoms with Gasteiger partial charge < -0.3 is 10.2 Å². The van der Waals surface area contributed by atoms with Crippen LogP contribution in [-0.2, 0) is 22.1 Å². The van der Waals surface area contributed by atoms with Gasteiger partial charge in [0.15, 0.2) is 9.84 Å². The van der Waals surface area contributed by atoms with Crippen LogP contribution in [0, 0.1) is 0 Å². The van der Waals surface area contributed by atoms with Gasteiger partial charge >= 0.3 is 0 Å². The fourth-order valence-electron chi connectivity index (χ4n) is 2.93. The van der Waals surface area contributed by atoms with Crippen LogP contribution in [0.4, 0.5) is 11.5 Å². The molecule has 8 heteroatoms. The van der Waals surface area contributed by atoms with Crippen molar-refractivity contribution in [2.75, 3.05) is 30.6 Å². The fraction of sp³-hybridized carbons (Fsp3) is 0.238. The molecule has 2 aromatic carbocycles. The molecule has 0 saturated carbocycles. The van der Waals surface area contributed by atoms with Crippen LogP contribution >= 0.6 is 0 Å². The SMILES string of the molecule is CN(C)c1ccc(Cn2nccc2NC(=O)c2cccc(CS(C)(=O)=O)c2)cc1. The highest BCUT2D eigenvalue weighted by Crippen LogP contribution is 2.16. The standard InChI is InChI=1S/C21H24N4O3S/c1-24(2)19-9-7-16(8-10-19)14-25-20(11-12-22-25)23-21(26)18-6-4-5-17(13-18)15-29(3,27)28/h4-13H,14-15H2,1-3H3,(H,23,26). The second kappa shape index (κ2) is 8.48. The summed E-state index contributed by atoms with van der Waals surface area (Å²) in [4.78, 5) is 14.7. The van der Waals surface area contributed by atoms with E-state index in [9.17, 15) is 13.2 Å². The number of anilines is 2. The molecule has 3 aromatic rings. The van der Waals surface area contributed by atoms with Crippen molar-refractivity contribution in [3.8, 4) is 0 Å². The molecule has 0 atom stereocenters. The monoisotopic (exact) mass is 412 g/mol. The minimum atomic E-state index is -3.17. The zero-order valence-electron chi connectivity index (χ0n) is 16.7. The van der Waals surface area contributed by atoms with E-state index in [1.54, 1.807) is 41.2 Å². The third-order valence-electron chi connectivity index (χ3n) is 4.36. The van der Waals surface area contributed by atoms with Crippen molar-refractivity contribution in [2.45, 2.75) is 12.3 Å². The Balaban J connectivity index is 1.72. The first-order valence-electron chi connectivity index (χ1n) is 9.07. The number of aromatic nitrogens is 2. The Labute approximate surface area is 170 Å². The molecule has 0 spiro atoms. The van der Waals surface area contributed by atoms with Crippen molar-refractivity contribution < 1.29 is 13.2 Å². The van der Waals surface area contributed by atoms with Gasteiger partial charge in [-0.15, -0.1) is 0 Å². The number of benzene rings is 2. The Morgan fingerprint density at radius 2 is 1.79 bits per heavy atom. The summed E-state index contributed by atoms with van der Waals surface area (Å²) in [6, 6.07) is 16.5. The highest BCUT2D eigenvalue weighted by atomic mass is 32.2. The highest BCUT2D eigenvalue weighted by molar-refractivity contribution is 7.89. The van der Waals surface area contributed by atoms with E-state index in [-0.39, 0.29) is 11.7 Å². The van der Waals surface area contributed by atoms with Gasteiger partial charge in [0.05, 0.1) is 18.5 Å². The van der Waals surface area contributed by atoms with Crippen LogP contribution in [0.15, 0.2) is 60.8 Å². The average molecular weight is 413 g/mol. The molecule has 1 amide bonds. The van der Waals surface area contributed by atoms with Crippen molar-refractivity contribution in [3.05, 3.63) is 77.5 Å². The minimum Gasteiger partial charge on any atom is -0.378 e. The Morgan fingerprint density at radius 3 is 2.45 bits per heavy atom. The Kier molecular flexibility index (Phi) is 6.03. The van der Waals surface area contributed by atoms with Crippen molar-refractivity contribution in [1.29, 1.82) is 0 Å². The second-order valence-corrected chi connectivity index (χ2v) is 9.30. The molecule has 7 nitrogen and oxygen atoms in total. The van der Waals surface area contributed by atoms with Crippen molar-refractivity contribution in [1.82, 2.24) is 9.78 Å². The molecular weight excluding hydrogens is 388 g/mol. The quantitative estimate of drug-likeness (QED) is 0.645. The van der Waals surface area contributed by atoms with Crippen molar-refractivity contribution in [2.24, 2.45) is 0 Å². The van der Waals surface area contributed by atoms with Gasteiger partial charge in [-0.2, -0.15) is 5.10 Å². The number of nitrogens with one attached hydrogen (secondary N) is 1. The average Bonchev–Trinajstić information content (AvgIpc) is 3.07. The Hall–Kier alpha value is -3.13. The lowest BCUT2D eigenvalue weighted by Crippen LogP contribution is -2.16. The zero-order chi connectivity index (χ0) is 21.0. The summed E-state index contributed by atoms with van der Waals surface area (Å²) in [5.74, 6) is 0.153. The van der Waals surface area contributed by atoms with Crippen LogP contribution in [0.2, 0.25) is 0 Å². The van der Waals surface area contributed by atoms with Gasteiger partial charge in [-0.25, -0.2) is 13.1 Å². The number of sulfone groups is 1. The van der Waals surface area contributed by atoms with Gasteiger partial charge in [0.2, 0.25) is 0 Å². The number of amides is 1. The molecule has 0 saturated heterocycles. The molecule has 1 aromatic heterocycles. The van der Waals surface area contributed by atoms with E-state index in [4.69, 9.17) is 0 Å². The number of rotatable bonds is 7. The molecule has 29 heavy (non-hydrogen) atoms. The Morgan fingerprint density at radius 1 is 1.07 bits per heavy atom. The third kappa shape index (κ3) is 5.68. The topological polar surface area (TPSA) is 84.3 Å². The molecule has 0 radical (unpaired) electrons. The zero-order valence-corrected chi connectivity index (χ0v) is 17.5. The lowest BCUT2D eigenvalue weighted by Gasteiger charge is -2.13. The van der Waals surface area contributed by atoms with Gasteiger partial charge in [0.1, 0.15) is 5.82 Å². The summed E-state index contributed by atoms with van der Waals surface area (Å²) in [6.07, 6.45) is 2.80. The number of carbonyl (C=O) groups excluding carboxylic acids is 1. The minimum absolute atomic E-state index is 0.102. The highest BCUT2D eigenvalue weighted by Gasteiger charge is 2.12.